The van der Waals surface area contributed by atoms with Gasteiger partial charge in [0, 0.05) is 46.0 Å². The van der Waals surface area contributed by atoms with Crippen LogP contribution in [0.3, 0.4) is 0 Å². The van der Waals surface area contributed by atoms with E-state index >= 15 is 0 Å². The van der Waals surface area contributed by atoms with Crippen LogP contribution in [0.4, 0.5) is 5.69 Å². The van der Waals surface area contributed by atoms with Crippen LogP contribution in [0, 0.1) is 0 Å². The Morgan fingerprint density at radius 3 is 2.26 bits per heavy atom. The van der Waals surface area contributed by atoms with Crippen LogP contribution < -0.4 is 24.5 Å². The molecule has 0 spiro atoms. The topological polar surface area (TPSA) is 96.7 Å². The van der Waals surface area contributed by atoms with Crippen LogP contribution in [-0.4, -0.2) is 85.3 Å². The fourth-order valence-electron chi connectivity index (χ4n) is 5.55. The highest BCUT2D eigenvalue weighted by molar-refractivity contribution is 7.07. The van der Waals surface area contributed by atoms with Gasteiger partial charge in [-0.2, -0.15) is 0 Å². The van der Waals surface area contributed by atoms with E-state index in [0.717, 1.165) is 36.4 Å². The van der Waals surface area contributed by atoms with Crippen LogP contribution >= 0.6 is 11.3 Å². The number of nitrogens with zero attached hydrogens (tertiary/aromatic N) is 5. The Kier molecular flexibility index (Phi) is 9.83. The molecule has 0 saturated carbocycles. The summed E-state index contributed by atoms with van der Waals surface area (Å²) in [4.78, 5) is 51.6. The van der Waals surface area contributed by atoms with Crippen molar-refractivity contribution in [1.82, 2.24) is 14.4 Å². The molecule has 2 aliphatic heterocycles. The molecule has 11 heteroatoms. The van der Waals surface area contributed by atoms with Crippen LogP contribution in [0.5, 0.6) is 5.75 Å². The first-order valence-electron chi connectivity index (χ1n) is 15.6. The van der Waals surface area contributed by atoms with Crippen molar-refractivity contribution in [3.8, 4) is 5.75 Å². The zero-order valence-electron chi connectivity index (χ0n) is 27.7. The number of aromatic nitrogens is 1. The average molecular weight is 646 g/mol. The molecule has 3 aromatic rings. The van der Waals surface area contributed by atoms with Gasteiger partial charge >= 0.3 is 5.97 Å². The molecule has 1 saturated heterocycles. The van der Waals surface area contributed by atoms with E-state index < -0.39 is 17.6 Å². The van der Waals surface area contributed by atoms with Crippen LogP contribution in [-0.2, 0) is 14.3 Å². The quantitative estimate of drug-likeness (QED) is 0.348. The second kappa shape index (κ2) is 13.6. The van der Waals surface area contributed by atoms with E-state index in [-0.39, 0.29) is 18.1 Å². The lowest BCUT2D eigenvalue weighted by atomic mass is 9.95. The first-order valence-corrected chi connectivity index (χ1v) is 16.4. The molecule has 244 valence electrons. The Morgan fingerprint density at radius 2 is 1.67 bits per heavy atom. The number of benzene rings is 2. The van der Waals surface area contributed by atoms with E-state index in [0.29, 0.717) is 39.4 Å². The van der Waals surface area contributed by atoms with E-state index in [9.17, 15) is 14.4 Å². The highest BCUT2D eigenvalue weighted by Crippen LogP contribution is 2.32. The molecule has 5 rings (SSSR count). The normalized spacial score (nSPS) is 17.4. The first-order chi connectivity index (χ1) is 21.8. The zero-order valence-corrected chi connectivity index (χ0v) is 28.5. The van der Waals surface area contributed by atoms with E-state index in [1.807, 2.05) is 87.1 Å². The second-order valence-electron chi connectivity index (χ2n) is 12.7. The molecule has 10 nitrogen and oxygen atoms in total. The fourth-order valence-corrected chi connectivity index (χ4v) is 6.59. The smallest absolute Gasteiger partial charge is 0.338 e. The molecule has 3 heterocycles. The molecule has 1 unspecified atom stereocenters. The number of carbonyl (C=O) groups is 2. The summed E-state index contributed by atoms with van der Waals surface area (Å²) in [6, 6.07) is 14.4. The van der Waals surface area contributed by atoms with Crippen molar-refractivity contribution in [2.24, 2.45) is 4.99 Å². The summed E-state index contributed by atoms with van der Waals surface area (Å²) in [6.45, 7) is 13.5. The molecule has 0 bridgehead atoms. The Bertz CT molecular complexity index is 1790. The Balaban J connectivity index is 1.41. The fraction of sp³-hybridized carbons (Fsp3) is 0.429. The molecule has 0 N–H and O–H groups in total. The summed E-state index contributed by atoms with van der Waals surface area (Å²) in [5, 5.41) is 0. The van der Waals surface area contributed by atoms with E-state index in [1.54, 1.807) is 23.6 Å². The SMILES string of the molecule is CCN1CCN(C(=O)COc2ccc(/C=c3\sc4n(c3=O)C(c3ccc(N(C)C)cc3)C(C(=O)OC(C)(C)C)=C(C)N=4)cc2)CC1. The summed E-state index contributed by atoms with van der Waals surface area (Å²) in [6.07, 6.45) is 1.81. The third kappa shape index (κ3) is 7.42. The van der Waals surface area contributed by atoms with Crippen LogP contribution in [0.1, 0.15) is 51.8 Å². The van der Waals surface area contributed by atoms with Gasteiger partial charge in [0.1, 0.15) is 11.4 Å². The highest BCUT2D eigenvalue weighted by atomic mass is 32.1. The number of carbonyl (C=O) groups excluding carboxylic acids is 2. The number of piperazine rings is 1. The highest BCUT2D eigenvalue weighted by Gasteiger charge is 2.35. The van der Waals surface area contributed by atoms with Gasteiger partial charge in [0.2, 0.25) is 0 Å². The Labute approximate surface area is 273 Å². The molecule has 0 radical (unpaired) electrons. The van der Waals surface area contributed by atoms with Crippen molar-refractivity contribution in [3.05, 3.63) is 90.6 Å². The summed E-state index contributed by atoms with van der Waals surface area (Å²) >= 11 is 1.28. The van der Waals surface area contributed by atoms with Crippen molar-refractivity contribution >= 4 is 35.0 Å². The molecule has 1 atom stereocenters. The predicted molar refractivity (Wildman–Crippen MR) is 181 cm³/mol. The third-order valence-corrected chi connectivity index (χ3v) is 9.06. The number of amides is 1. The van der Waals surface area contributed by atoms with Crippen molar-refractivity contribution in [2.75, 3.05) is 58.3 Å². The molecular weight excluding hydrogens is 602 g/mol. The molecule has 1 fully saturated rings. The van der Waals surface area contributed by atoms with Crippen molar-refractivity contribution in [3.63, 3.8) is 0 Å². The number of thiazole rings is 1. The van der Waals surface area contributed by atoms with E-state index in [4.69, 9.17) is 14.5 Å². The van der Waals surface area contributed by atoms with Gasteiger partial charge in [-0.3, -0.25) is 14.2 Å². The van der Waals surface area contributed by atoms with Gasteiger partial charge in [0.15, 0.2) is 11.4 Å². The zero-order chi connectivity index (χ0) is 33.2. The summed E-state index contributed by atoms with van der Waals surface area (Å²) in [5.41, 5.74) is 2.50. The van der Waals surface area contributed by atoms with Crippen LogP contribution in [0.25, 0.3) is 6.08 Å². The molecule has 1 aromatic heterocycles. The molecular formula is C35H43N5O5S. The van der Waals surface area contributed by atoms with E-state index in [2.05, 4.69) is 11.8 Å². The number of hydrogen-bond acceptors (Lipinski definition) is 9. The summed E-state index contributed by atoms with van der Waals surface area (Å²) in [5.74, 6) is 0.0628. The molecule has 2 aromatic carbocycles. The maximum absolute atomic E-state index is 14.0. The lowest BCUT2D eigenvalue weighted by Gasteiger charge is -2.33. The maximum Gasteiger partial charge on any atom is 0.338 e. The summed E-state index contributed by atoms with van der Waals surface area (Å²) < 4.78 is 13.7. The number of esters is 1. The number of hydrogen-bond donors (Lipinski definition) is 0. The molecule has 46 heavy (non-hydrogen) atoms. The van der Waals surface area contributed by atoms with E-state index in [1.165, 1.54) is 11.3 Å². The number of rotatable bonds is 8. The van der Waals surface area contributed by atoms with Gasteiger partial charge < -0.3 is 24.2 Å². The maximum atomic E-state index is 14.0. The van der Waals surface area contributed by atoms with Crippen LogP contribution in [0.2, 0.25) is 0 Å². The third-order valence-electron chi connectivity index (χ3n) is 8.08. The van der Waals surface area contributed by atoms with Crippen molar-refractivity contribution in [2.45, 2.75) is 46.3 Å². The Hall–Kier alpha value is -4.22. The first kappa shape index (κ1) is 33.2. The average Bonchev–Trinajstić information content (AvgIpc) is 3.32. The standard InChI is InChI=1S/C35H43N5O5S/c1-8-38-17-19-39(20-18-38)29(41)22-44-27-15-9-24(10-16-27)21-28-32(42)40-31(25-11-13-26(14-12-25)37(6)7)30(23(2)36-34(40)46-28)33(43)45-35(3,4)5/h9-16,21,31H,8,17-20,22H2,1-7H3/b28-21-. The van der Waals surface area contributed by atoms with Gasteiger partial charge in [0.25, 0.3) is 11.5 Å². The number of fused-ring (bicyclic) bond motifs is 1. The second-order valence-corrected chi connectivity index (χ2v) is 13.8. The Morgan fingerprint density at radius 1 is 1.02 bits per heavy atom. The largest absolute Gasteiger partial charge is 0.484 e. The van der Waals surface area contributed by atoms with Gasteiger partial charge in [-0.25, -0.2) is 9.79 Å². The van der Waals surface area contributed by atoms with Crippen LogP contribution in [0.15, 0.2) is 69.6 Å². The van der Waals surface area contributed by atoms with Gasteiger partial charge in [-0.05, 0) is 75.7 Å². The lowest BCUT2D eigenvalue weighted by Crippen LogP contribution is -2.49. The number of likely N-dealkylation sites (N-methyl/N-ethyl adjacent to an activating group) is 1. The van der Waals surface area contributed by atoms with Gasteiger partial charge in [0.05, 0.1) is 21.8 Å². The molecule has 2 aliphatic rings. The monoisotopic (exact) mass is 645 g/mol. The van der Waals surface area contributed by atoms with Crippen molar-refractivity contribution in [1.29, 1.82) is 0 Å². The number of anilines is 1. The number of allylic oxidation sites excluding steroid dienone is 1. The minimum absolute atomic E-state index is 0.0150. The minimum atomic E-state index is -0.712. The lowest BCUT2D eigenvalue weighted by molar-refractivity contribution is -0.150. The summed E-state index contributed by atoms with van der Waals surface area (Å²) in [7, 11) is 3.92. The van der Waals surface area contributed by atoms with Gasteiger partial charge in [-0.15, -0.1) is 0 Å². The minimum Gasteiger partial charge on any atom is -0.484 e. The molecule has 1 amide bonds. The molecule has 0 aliphatic carbocycles. The predicted octanol–water partition coefficient (Wildman–Crippen LogP) is 3.19. The van der Waals surface area contributed by atoms with Crippen molar-refractivity contribution < 1.29 is 19.1 Å². The number of ether oxygens (including phenoxy) is 2. The van der Waals surface area contributed by atoms with Gasteiger partial charge in [-0.1, -0.05) is 42.5 Å².